The second-order valence-electron chi connectivity index (χ2n) is 4.60. The molecule has 0 aliphatic rings. The van der Waals surface area contributed by atoms with Crippen LogP contribution in [0.5, 0.6) is 0 Å². The van der Waals surface area contributed by atoms with E-state index in [1.807, 2.05) is 17.6 Å². The summed E-state index contributed by atoms with van der Waals surface area (Å²) in [5, 5.41) is 10.0. The Balaban J connectivity index is 2.29. The van der Waals surface area contributed by atoms with Crippen LogP contribution in [-0.2, 0) is 0 Å². The van der Waals surface area contributed by atoms with Crippen molar-refractivity contribution in [3.63, 3.8) is 0 Å². The Kier molecular flexibility index (Phi) is 3.35. The summed E-state index contributed by atoms with van der Waals surface area (Å²) in [5.74, 6) is -0.234. The molecule has 4 nitrogen and oxygen atoms in total. The van der Waals surface area contributed by atoms with Crippen molar-refractivity contribution in [2.45, 2.75) is 6.92 Å². The van der Waals surface area contributed by atoms with Crippen LogP contribution in [0.15, 0.2) is 36.4 Å². The number of fused-ring (bicyclic) bond motifs is 1. The third-order valence-electron chi connectivity index (χ3n) is 3.23. The van der Waals surface area contributed by atoms with Gasteiger partial charge in [-0.1, -0.05) is 23.2 Å². The number of carbonyl (C=O) groups is 1. The lowest BCUT2D eigenvalue weighted by Crippen LogP contribution is -1.99. The Labute approximate surface area is 130 Å². The fourth-order valence-corrected chi connectivity index (χ4v) is 2.57. The highest BCUT2D eigenvalue weighted by atomic mass is 35.5. The van der Waals surface area contributed by atoms with Crippen LogP contribution in [0.1, 0.15) is 16.2 Å². The van der Waals surface area contributed by atoms with Crippen molar-refractivity contribution in [2.24, 2.45) is 0 Å². The van der Waals surface area contributed by atoms with Gasteiger partial charge < -0.3 is 5.11 Å². The van der Waals surface area contributed by atoms with Crippen molar-refractivity contribution in [1.82, 2.24) is 9.55 Å². The molecule has 0 unspecified atom stereocenters. The maximum Gasteiger partial charge on any atom is 0.335 e. The minimum absolute atomic E-state index is 0.212. The zero-order valence-corrected chi connectivity index (χ0v) is 12.5. The molecule has 21 heavy (non-hydrogen) atoms. The summed E-state index contributed by atoms with van der Waals surface area (Å²) in [6.45, 7) is 1.85. The number of rotatable bonds is 2. The summed E-state index contributed by atoms with van der Waals surface area (Å²) < 4.78 is 1.85. The first-order chi connectivity index (χ1) is 9.97. The smallest absolute Gasteiger partial charge is 0.335 e. The van der Waals surface area contributed by atoms with E-state index in [1.165, 1.54) is 6.07 Å². The molecule has 0 aliphatic heterocycles. The SMILES string of the molecule is Cc1nc2ccc(C(=O)O)cc2n1-c1ccc(Cl)c(Cl)c1. The second-order valence-corrected chi connectivity index (χ2v) is 5.42. The van der Waals surface area contributed by atoms with Crippen LogP contribution in [0.2, 0.25) is 10.0 Å². The van der Waals surface area contributed by atoms with Crippen molar-refractivity contribution in [2.75, 3.05) is 0 Å². The van der Waals surface area contributed by atoms with E-state index >= 15 is 0 Å². The Hall–Kier alpha value is -2.04. The fraction of sp³-hybridized carbons (Fsp3) is 0.0667. The quantitative estimate of drug-likeness (QED) is 0.764. The highest BCUT2D eigenvalue weighted by Crippen LogP contribution is 2.28. The van der Waals surface area contributed by atoms with Gasteiger partial charge in [0, 0.05) is 5.69 Å². The molecule has 0 radical (unpaired) electrons. The number of imidazole rings is 1. The van der Waals surface area contributed by atoms with Gasteiger partial charge in [0.1, 0.15) is 5.82 Å². The van der Waals surface area contributed by atoms with Crippen LogP contribution in [0.4, 0.5) is 0 Å². The summed E-state index contributed by atoms with van der Waals surface area (Å²) in [5.41, 5.74) is 2.44. The number of aryl methyl sites for hydroxylation is 1. The largest absolute Gasteiger partial charge is 0.478 e. The normalized spacial score (nSPS) is 11.0. The molecule has 0 amide bonds. The maximum absolute atomic E-state index is 11.1. The van der Waals surface area contributed by atoms with Crippen molar-refractivity contribution in [1.29, 1.82) is 0 Å². The highest BCUT2D eigenvalue weighted by molar-refractivity contribution is 6.42. The number of aromatic carboxylic acids is 1. The molecule has 106 valence electrons. The maximum atomic E-state index is 11.1. The second kappa shape index (κ2) is 5.06. The topological polar surface area (TPSA) is 55.1 Å². The number of carboxylic acids is 1. The van der Waals surface area contributed by atoms with Gasteiger partial charge in [0.2, 0.25) is 0 Å². The molecule has 3 rings (SSSR count). The molecule has 0 saturated carbocycles. The number of aromatic nitrogens is 2. The Bertz CT molecular complexity index is 871. The van der Waals surface area contributed by atoms with E-state index in [-0.39, 0.29) is 5.56 Å². The molecule has 1 heterocycles. The molecule has 1 aromatic heterocycles. The van der Waals surface area contributed by atoms with E-state index < -0.39 is 5.97 Å². The van der Waals surface area contributed by atoms with Crippen molar-refractivity contribution in [3.8, 4) is 5.69 Å². The van der Waals surface area contributed by atoms with E-state index in [9.17, 15) is 4.79 Å². The van der Waals surface area contributed by atoms with Gasteiger partial charge in [-0.3, -0.25) is 4.57 Å². The molecular formula is C15H10Cl2N2O2. The standard InChI is InChI=1S/C15H10Cl2N2O2/c1-8-18-13-5-2-9(15(20)21)6-14(13)19(8)10-3-4-11(16)12(17)7-10/h2-7H,1H3,(H,20,21). The van der Waals surface area contributed by atoms with Crippen molar-refractivity contribution in [3.05, 3.63) is 57.8 Å². The Morgan fingerprint density at radius 3 is 2.57 bits per heavy atom. The van der Waals surface area contributed by atoms with Gasteiger partial charge in [0.15, 0.2) is 0 Å². The molecule has 0 fully saturated rings. The van der Waals surface area contributed by atoms with Crippen LogP contribution in [-0.4, -0.2) is 20.6 Å². The molecule has 0 aliphatic carbocycles. The van der Waals surface area contributed by atoms with Crippen molar-refractivity contribution < 1.29 is 9.90 Å². The van der Waals surface area contributed by atoms with E-state index in [1.54, 1.807) is 24.3 Å². The van der Waals surface area contributed by atoms with Crippen LogP contribution in [0.25, 0.3) is 16.7 Å². The predicted octanol–water partition coefficient (Wildman–Crippen LogP) is 4.34. The molecule has 0 spiro atoms. The molecule has 6 heteroatoms. The number of halogens is 2. The van der Waals surface area contributed by atoms with E-state index in [4.69, 9.17) is 28.3 Å². The van der Waals surface area contributed by atoms with Crippen LogP contribution < -0.4 is 0 Å². The molecule has 2 aromatic carbocycles. The number of nitrogens with zero attached hydrogens (tertiary/aromatic N) is 2. The van der Waals surface area contributed by atoms with Gasteiger partial charge in [-0.05, 0) is 43.3 Å². The summed E-state index contributed by atoms with van der Waals surface area (Å²) in [4.78, 5) is 15.6. The molecule has 0 bridgehead atoms. The van der Waals surface area contributed by atoms with Crippen LogP contribution >= 0.6 is 23.2 Å². The Morgan fingerprint density at radius 2 is 1.90 bits per heavy atom. The van der Waals surface area contributed by atoms with Crippen LogP contribution in [0, 0.1) is 6.92 Å². The highest BCUT2D eigenvalue weighted by Gasteiger charge is 2.13. The number of benzene rings is 2. The van der Waals surface area contributed by atoms with Crippen molar-refractivity contribution >= 4 is 40.2 Å². The lowest BCUT2D eigenvalue weighted by Gasteiger charge is -2.08. The summed E-state index contributed by atoms with van der Waals surface area (Å²) in [6.07, 6.45) is 0. The van der Waals surface area contributed by atoms with Crippen LogP contribution in [0.3, 0.4) is 0 Å². The van der Waals surface area contributed by atoms with Gasteiger partial charge in [0.25, 0.3) is 0 Å². The first kappa shape index (κ1) is 13.9. The van der Waals surface area contributed by atoms with E-state index in [0.29, 0.717) is 15.6 Å². The van der Waals surface area contributed by atoms with Gasteiger partial charge in [0.05, 0.1) is 26.6 Å². The first-order valence-corrected chi connectivity index (χ1v) is 6.91. The molecule has 0 saturated heterocycles. The lowest BCUT2D eigenvalue weighted by molar-refractivity contribution is 0.0697. The summed E-state index contributed by atoms with van der Waals surface area (Å²) in [6, 6.07) is 10.1. The molecule has 0 atom stereocenters. The number of carboxylic acid groups (broad SMARTS) is 1. The average molecular weight is 321 g/mol. The lowest BCUT2D eigenvalue weighted by atomic mass is 10.2. The number of hydrogen-bond donors (Lipinski definition) is 1. The van der Waals surface area contributed by atoms with Gasteiger partial charge >= 0.3 is 5.97 Å². The van der Waals surface area contributed by atoms with Gasteiger partial charge in [-0.2, -0.15) is 0 Å². The molecule has 1 N–H and O–H groups in total. The third-order valence-corrected chi connectivity index (χ3v) is 3.97. The zero-order chi connectivity index (χ0) is 15.1. The minimum Gasteiger partial charge on any atom is -0.478 e. The average Bonchev–Trinajstić information content (AvgIpc) is 2.77. The molecular weight excluding hydrogens is 311 g/mol. The number of hydrogen-bond acceptors (Lipinski definition) is 2. The predicted molar refractivity (Wildman–Crippen MR) is 82.8 cm³/mol. The van der Waals surface area contributed by atoms with E-state index in [2.05, 4.69) is 4.98 Å². The zero-order valence-electron chi connectivity index (χ0n) is 11.0. The minimum atomic E-state index is -0.976. The first-order valence-electron chi connectivity index (χ1n) is 6.15. The third kappa shape index (κ3) is 2.37. The summed E-state index contributed by atoms with van der Waals surface area (Å²) >= 11 is 12.0. The van der Waals surface area contributed by atoms with Gasteiger partial charge in [-0.25, -0.2) is 9.78 Å². The Morgan fingerprint density at radius 1 is 1.14 bits per heavy atom. The van der Waals surface area contributed by atoms with E-state index in [0.717, 1.165) is 17.0 Å². The fourth-order valence-electron chi connectivity index (χ4n) is 2.28. The molecule has 3 aromatic rings. The van der Waals surface area contributed by atoms with Gasteiger partial charge in [-0.15, -0.1) is 0 Å². The summed E-state index contributed by atoms with van der Waals surface area (Å²) in [7, 11) is 0. The monoisotopic (exact) mass is 320 g/mol.